The van der Waals surface area contributed by atoms with Crippen molar-refractivity contribution in [3.05, 3.63) is 52.4 Å². The molecule has 0 aliphatic heterocycles. The number of nitrogens with zero attached hydrogens (tertiary/aromatic N) is 2. The number of benzene rings is 1. The van der Waals surface area contributed by atoms with Crippen LogP contribution in [0.1, 0.15) is 30.1 Å². The molecule has 0 amide bonds. The van der Waals surface area contributed by atoms with Crippen molar-refractivity contribution in [2.45, 2.75) is 25.3 Å². The number of aromatic nitrogens is 2. The Kier molecular flexibility index (Phi) is 3.53. The van der Waals surface area contributed by atoms with Crippen LogP contribution in [0.5, 0.6) is 0 Å². The van der Waals surface area contributed by atoms with Crippen molar-refractivity contribution in [2.75, 3.05) is 5.32 Å². The minimum absolute atomic E-state index is 0.00988. The molecule has 1 aliphatic rings. The number of rotatable bonds is 4. The highest BCUT2D eigenvalue weighted by Gasteiger charge is 2.27. The highest BCUT2D eigenvalue weighted by Crippen LogP contribution is 2.38. The maximum atomic E-state index is 13.5. The van der Waals surface area contributed by atoms with Gasteiger partial charge >= 0.3 is 0 Å². The maximum Gasteiger partial charge on any atom is 0.135 e. The maximum absolute atomic E-state index is 13.5. The first-order chi connectivity index (χ1) is 9.63. The minimum Gasteiger partial charge on any atom is -0.366 e. The number of hydrogen-bond donors (Lipinski definition) is 1. The Balaban J connectivity index is 1.78. The standard InChI is InChI=1S/C14H12ClF2N3/c15-12-6-13(20-14(19-12)8-4-5-8)18-7-9-10(16)2-1-3-11(9)17/h1-3,6,8H,4-5,7H2,(H,18,19,20). The largest absolute Gasteiger partial charge is 0.366 e. The zero-order valence-electron chi connectivity index (χ0n) is 10.5. The highest BCUT2D eigenvalue weighted by atomic mass is 35.5. The van der Waals surface area contributed by atoms with Crippen molar-refractivity contribution >= 4 is 17.4 Å². The van der Waals surface area contributed by atoms with Gasteiger partial charge in [0.1, 0.15) is 28.4 Å². The fourth-order valence-electron chi connectivity index (χ4n) is 1.93. The second-order valence-corrected chi connectivity index (χ2v) is 5.15. The first-order valence-electron chi connectivity index (χ1n) is 6.35. The van der Waals surface area contributed by atoms with Gasteiger partial charge in [-0.25, -0.2) is 18.7 Å². The van der Waals surface area contributed by atoms with Gasteiger partial charge < -0.3 is 5.32 Å². The number of hydrogen-bond acceptors (Lipinski definition) is 3. The summed E-state index contributed by atoms with van der Waals surface area (Å²) in [5, 5.41) is 3.22. The van der Waals surface area contributed by atoms with Crippen LogP contribution in [0.25, 0.3) is 0 Å². The first kappa shape index (κ1) is 13.2. The summed E-state index contributed by atoms with van der Waals surface area (Å²) in [5.41, 5.74) is -0.0183. The van der Waals surface area contributed by atoms with E-state index >= 15 is 0 Å². The molecule has 3 nitrogen and oxygen atoms in total. The van der Waals surface area contributed by atoms with Crippen molar-refractivity contribution in [3.63, 3.8) is 0 Å². The van der Waals surface area contributed by atoms with E-state index in [-0.39, 0.29) is 12.1 Å². The van der Waals surface area contributed by atoms with Crippen LogP contribution in [0.3, 0.4) is 0 Å². The van der Waals surface area contributed by atoms with Crippen molar-refractivity contribution in [3.8, 4) is 0 Å². The third kappa shape index (κ3) is 2.88. The summed E-state index contributed by atoms with van der Waals surface area (Å²) in [7, 11) is 0. The number of nitrogens with one attached hydrogen (secondary N) is 1. The zero-order chi connectivity index (χ0) is 14.1. The predicted octanol–water partition coefficient (Wildman–Crippen LogP) is 3.90. The van der Waals surface area contributed by atoms with Crippen LogP contribution in [-0.2, 0) is 6.54 Å². The molecule has 0 radical (unpaired) electrons. The molecule has 1 heterocycles. The molecule has 0 bridgehead atoms. The first-order valence-corrected chi connectivity index (χ1v) is 6.72. The molecular weight excluding hydrogens is 284 g/mol. The van der Waals surface area contributed by atoms with Crippen molar-refractivity contribution in [2.24, 2.45) is 0 Å². The van der Waals surface area contributed by atoms with Gasteiger partial charge in [-0.3, -0.25) is 0 Å². The monoisotopic (exact) mass is 295 g/mol. The van der Waals surface area contributed by atoms with E-state index in [4.69, 9.17) is 11.6 Å². The lowest BCUT2D eigenvalue weighted by Gasteiger charge is -2.09. The van der Waals surface area contributed by atoms with E-state index in [1.165, 1.54) is 18.2 Å². The summed E-state index contributed by atoms with van der Waals surface area (Å²) in [5.74, 6) is 0.364. The Labute approximate surface area is 120 Å². The number of anilines is 1. The second kappa shape index (κ2) is 5.32. The molecule has 20 heavy (non-hydrogen) atoms. The third-order valence-corrected chi connectivity index (χ3v) is 3.36. The molecule has 0 atom stereocenters. The average molecular weight is 296 g/mol. The van der Waals surface area contributed by atoms with Gasteiger partial charge in [-0.05, 0) is 25.0 Å². The van der Waals surface area contributed by atoms with E-state index in [2.05, 4.69) is 15.3 Å². The molecule has 1 N–H and O–H groups in total. The lowest BCUT2D eigenvalue weighted by Crippen LogP contribution is -2.07. The molecule has 3 rings (SSSR count). The molecule has 0 unspecified atom stereocenters. The van der Waals surface area contributed by atoms with Crippen LogP contribution in [-0.4, -0.2) is 9.97 Å². The fraction of sp³-hybridized carbons (Fsp3) is 0.286. The molecule has 1 aromatic heterocycles. The lowest BCUT2D eigenvalue weighted by molar-refractivity contribution is 0.560. The molecular formula is C14H12ClF2N3. The van der Waals surface area contributed by atoms with Gasteiger partial charge in [-0.1, -0.05) is 17.7 Å². The van der Waals surface area contributed by atoms with Gasteiger partial charge in [-0.15, -0.1) is 0 Å². The van der Waals surface area contributed by atoms with E-state index in [0.717, 1.165) is 12.8 Å². The normalized spacial score (nSPS) is 14.3. The molecule has 104 valence electrons. The van der Waals surface area contributed by atoms with Crippen molar-refractivity contribution in [1.82, 2.24) is 9.97 Å². The molecule has 2 aromatic rings. The van der Waals surface area contributed by atoms with E-state index in [1.807, 2.05) is 0 Å². The number of halogens is 3. The minimum atomic E-state index is -0.583. The van der Waals surface area contributed by atoms with Crippen LogP contribution in [0, 0.1) is 11.6 Å². The van der Waals surface area contributed by atoms with Crippen LogP contribution in [0.2, 0.25) is 5.15 Å². The summed E-state index contributed by atoms with van der Waals surface area (Å²) in [6.45, 7) is 0.00988. The topological polar surface area (TPSA) is 37.8 Å². The Morgan fingerprint density at radius 3 is 2.55 bits per heavy atom. The van der Waals surface area contributed by atoms with Crippen molar-refractivity contribution in [1.29, 1.82) is 0 Å². The van der Waals surface area contributed by atoms with Crippen LogP contribution >= 0.6 is 11.6 Å². The molecule has 1 saturated carbocycles. The highest BCUT2D eigenvalue weighted by molar-refractivity contribution is 6.29. The molecule has 6 heteroatoms. The smallest absolute Gasteiger partial charge is 0.135 e. The summed E-state index contributed by atoms with van der Waals surface area (Å²) in [4.78, 5) is 8.47. The lowest BCUT2D eigenvalue weighted by atomic mass is 10.2. The second-order valence-electron chi connectivity index (χ2n) is 4.76. The predicted molar refractivity (Wildman–Crippen MR) is 72.7 cm³/mol. The van der Waals surface area contributed by atoms with Gasteiger partial charge in [0.15, 0.2) is 0 Å². The Morgan fingerprint density at radius 1 is 1.20 bits per heavy atom. The van der Waals surface area contributed by atoms with E-state index < -0.39 is 11.6 Å². The summed E-state index contributed by atoms with van der Waals surface area (Å²) >= 11 is 5.93. The van der Waals surface area contributed by atoms with Crippen molar-refractivity contribution < 1.29 is 8.78 Å². The van der Waals surface area contributed by atoms with E-state index in [1.54, 1.807) is 6.07 Å². The SMILES string of the molecule is Fc1cccc(F)c1CNc1cc(Cl)nc(C2CC2)n1. The van der Waals surface area contributed by atoms with Crippen LogP contribution in [0.15, 0.2) is 24.3 Å². The van der Waals surface area contributed by atoms with Crippen LogP contribution in [0.4, 0.5) is 14.6 Å². The zero-order valence-corrected chi connectivity index (χ0v) is 11.3. The molecule has 1 fully saturated rings. The quantitative estimate of drug-likeness (QED) is 0.869. The average Bonchev–Trinajstić information content (AvgIpc) is 3.21. The van der Waals surface area contributed by atoms with Gasteiger partial charge in [-0.2, -0.15) is 0 Å². The Bertz CT molecular complexity index is 624. The molecule has 0 spiro atoms. The van der Waals surface area contributed by atoms with E-state index in [0.29, 0.717) is 22.7 Å². The van der Waals surface area contributed by atoms with Gasteiger partial charge in [0, 0.05) is 24.1 Å². The van der Waals surface area contributed by atoms with Gasteiger partial charge in [0.05, 0.1) is 0 Å². The summed E-state index contributed by atoms with van der Waals surface area (Å²) < 4.78 is 27.0. The van der Waals surface area contributed by atoms with E-state index in [9.17, 15) is 8.78 Å². The molecule has 1 aromatic carbocycles. The molecule has 1 aliphatic carbocycles. The third-order valence-electron chi connectivity index (χ3n) is 3.16. The van der Waals surface area contributed by atoms with Gasteiger partial charge in [0.2, 0.25) is 0 Å². The summed E-state index contributed by atoms with van der Waals surface area (Å²) in [6, 6.07) is 5.33. The molecule has 0 saturated heterocycles. The summed E-state index contributed by atoms with van der Waals surface area (Å²) in [6.07, 6.45) is 2.11. The van der Waals surface area contributed by atoms with Crippen LogP contribution < -0.4 is 5.32 Å². The fourth-order valence-corrected chi connectivity index (χ4v) is 2.12. The Morgan fingerprint density at radius 2 is 1.90 bits per heavy atom. The van der Waals surface area contributed by atoms with Gasteiger partial charge in [0.25, 0.3) is 0 Å². The Hall–Kier alpha value is -1.75.